The minimum absolute atomic E-state index is 0.00805. The summed E-state index contributed by atoms with van der Waals surface area (Å²) in [7, 11) is -5.40. The molecule has 0 aromatic heterocycles. The van der Waals surface area contributed by atoms with Crippen molar-refractivity contribution in [2.75, 3.05) is 33.0 Å². The van der Waals surface area contributed by atoms with Crippen LogP contribution in [0.5, 0.6) is 0 Å². The van der Waals surface area contributed by atoms with Crippen molar-refractivity contribution >= 4 is 64.4 Å². The van der Waals surface area contributed by atoms with E-state index in [1.54, 1.807) is 146 Å². The molecule has 5 aliphatic rings. The predicted octanol–water partition coefficient (Wildman–Crippen LogP) is 16.1. The average Bonchev–Trinajstić information content (AvgIpc) is 0.699. The Labute approximate surface area is 802 Å². The molecule has 724 valence electrons. The summed E-state index contributed by atoms with van der Waals surface area (Å²) in [5.41, 5.74) is 1.52. The second kappa shape index (κ2) is 46.1. The number of aliphatic hydroxyl groups excluding tert-OH is 1. The molecule has 5 saturated heterocycles. The Bertz CT molecular complexity index is 5620. The molecule has 5 heterocycles. The maximum atomic E-state index is 15.4. The van der Waals surface area contributed by atoms with E-state index in [1.807, 2.05) is 60.7 Å². The summed E-state index contributed by atoms with van der Waals surface area (Å²) in [6, 6.07) is 81.8. The third-order valence-corrected chi connectivity index (χ3v) is 31.0. The highest BCUT2D eigenvalue weighted by atomic mass is 28.4. The van der Waals surface area contributed by atoms with Gasteiger partial charge in [-0.3, -0.25) is 0 Å². The monoisotopic (exact) mass is 1920 g/mol. The minimum Gasteiger partial charge on any atom is -0.452 e. The van der Waals surface area contributed by atoms with Gasteiger partial charge >= 0.3 is 56.3 Å². The van der Waals surface area contributed by atoms with E-state index in [-0.39, 0.29) is 70.9 Å². The van der Waals surface area contributed by atoms with Gasteiger partial charge in [0.2, 0.25) is 0 Å². The number of rotatable bonds is 35. The molecule has 138 heavy (non-hydrogen) atoms. The standard InChI is InChI=1S/C107H114O29Si2/c1-106(2,3)138(107(4,5)6)122-67-81-85(136-138)86(118-63-68-40-20-10-21-41-68)90(119-64-69-42-22-11-23-43-69)105(126-81)135-82-78(62-108)123-103(92(133-100(115)76-56-36-18-37-57-76)87(82)129-96(111)72-48-28-14-29-49-72)120-66-80-84(128-95(110)71-46-26-13-27-47-71)89(131-98(113)74-52-32-16-33-53-74)93(134-101(116)77-58-38-19-39-59-77)104(125-80)121-65-79-83(127-94(109)70-44-24-12-25-45-70)88(130-97(112)73-50-30-15-31-51-73)91(102(124-79)117-60-61-137(7,8)9)132-99(114)75-54-34-17-35-55-75/h10-59,78-93,102-105,108H,60-67H2,1-9H3/t78-,79-,80-,81-,82+,83+,84+,85+,86+,87+,88+,89+,90-,91-,92-,93-,102-,103+,104-,105-/m1/s1. The third-order valence-electron chi connectivity index (χ3n) is 24.1. The lowest BCUT2D eigenvalue weighted by Crippen LogP contribution is -2.72. The molecular weight excluding hydrogens is 1810 g/mol. The SMILES string of the molecule is CC(C)(C)[Si]1(C(C)(C)C)OC[C@H]2O[C@H](O[C@@H]3[C@H](OC(=O)c4ccccc4)[C@@H](OC(=O)c4ccccc4)[C@@H](OC[C@H]4O[C@@H](OC[C@H]5O[C@@H](OCC[Si](C)(C)C)[C@H](OC(=O)c6ccccc6)[C@@H](OC(=O)c6ccccc6)[C@H]5OC(=O)c5ccccc5)[C@H](OC(=O)c5ccccc5)[C@@H](OC(=O)c5ccccc5)[C@H]4OC(=O)c4ccccc4)O[C@@H]3CO)[C@H](OCc3ccccc3)[C@@H](OCc3ccccc3)[C@H]2O1. The van der Waals surface area contributed by atoms with Gasteiger partial charge in [-0.2, -0.15) is 0 Å². The van der Waals surface area contributed by atoms with Crippen molar-refractivity contribution in [2.24, 2.45) is 0 Å². The zero-order valence-electron chi connectivity index (χ0n) is 77.9. The van der Waals surface area contributed by atoms with Gasteiger partial charge in [0.25, 0.3) is 0 Å². The summed E-state index contributed by atoms with van der Waals surface area (Å²) in [5.74, 6) is -8.07. The number of hydrogen-bond donors (Lipinski definition) is 1. The Kier molecular flexibility index (Phi) is 33.5. The van der Waals surface area contributed by atoms with Crippen LogP contribution >= 0.6 is 0 Å². The highest BCUT2D eigenvalue weighted by Gasteiger charge is 2.67. The van der Waals surface area contributed by atoms with Crippen LogP contribution in [0, 0.1) is 0 Å². The average molecular weight is 1920 g/mol. The summed E-state index contributed by atoms with van der Waals surface area (Å²) in [6.45, 7) is 16.0. The van der Waals surface area contributed by atoms with Crippen LogP contribution in [0.25, 0.3) is 0 Å². The van der Waals surface area contributed by atoms with Gasteiger partial charge in [0.15, 0.2) is 74.0 Å². The number of esters is 8. The number of hydrogen-bond acceptors (Lipinski definition) is 29. The lowest BCUT2D eigenvalue weighted by Gasteiger charge is -2.58. The van der Waals surface area contributed by atoms with Crippen LogP contribution in [0.15, 0.2) is 303 Å². The van der Waals surface area contributed by atoms with Crippen molar-refractivity contribution in [3.05, 3.63) is 359 Å². The van der Waals surface area contributed by atoms with Crippen LogP contribution in [0.4, 0.5) is 0 Å². The zero-order valence-corrected chi connectivity index (χ0v) is 79.9. The Morgan fingerprint density at radius 1 is 0.312 bits per heavy atom. The van der Waals surface area contributed by atoms with Crippen LogP contribution in [0.3, 0.4) is 0 Å². The highest BCUT2D eigenvalue weighted by Crippen LogP contribution is 2.56. The van der Waals surface area contributed by atoms with E-state index in [4.69, 9.17) is 94.1 Å². The zero-order chi connectivity index (χ0) is 97.1. The topological polar surface area (TPSA) is 341 Å². The van der Waals surface area contributed by atoms with Gasteiger partial charge in [0.1, 0.15) is 48.8 Å². The molecule has 10 aromatic carbocycles. The van der Waals surface area contributed by atoms with E-state index in [2.05, 4.69) is 61.2 Å². The van der Waals surface area contributed by atoms with Crippen LogP contribution in [-0.2, 0) is 107 Å². The Balaban J connectivity index is 0.861. The number of ether oxygens (including phenoxy) is 18. The first-order valence-corrected chi connectivity index (χ1v) is 51.5. The van der Waals surface area contributed by atoms with Crippen LogP contribution in [-0.4, -0.2) is 225 Å². The quantitative estimate of drug-likeness (QED) is 0.0219. The summed E-state index contributed by atoms with van der Waals surface area (Å²) >= 11 is 0. The maximum absolute atomic E-state index is 15.4. The molecule has 0 aliphatic carbocycles. The largest absolute Gasteiger partial charge is 0.452 e. The minimum atomic E-state index is -3.40. The summed E-state index contributed by atoms with van der Waals surface area (Å²) in [4.78, 5) is 122. The van der Waals surface area contributed by atoms with Crippen LogP contribution in [0.1, 0.15) is 136 Å². The van der Waals surface area contributed by atoms with Crippen LogP contribution in [0.2, 0.25) is 35.8 Å². The molecule has 0 amide bonds. The summed E-state index contributed by atoms with van der Waals surface area (Å²) in [5, 5.41) is 11.2. The van der Waals surface area contributed by atoms with Gasteiger partial charge in [0.05, 0.1) is 84.1 Å². The molecule has 0 bridgehead atoms. The molecule has 31 heteroatoms. The first kappa shape index (κ1) is 100. The number of carbonyl (C=O) groups excluding carboxylic acids is 8. The van der Waals surface area contributed by atoms with E-state index >= 15 is 28.8 Å². The van der Waals surface area contributed by atoms with Gasteiger partial charge in [0, 0.05) is 24.8 Å². The van der Waals surface area contributed by atoms with Crippen molar-refractivity contribution in [3.63, 3.8) is 0 Å². The Morgan fingerprint density at radius 3 is 0.877 bits per heavy atom. The molecule has 0 saturated carbocycles. The predicted molar refractivity (Wildman–Crippen MR) is 504 cm³/mol. The second-order valence-electron chi connectivity index (χ2n) is 37.2. The van der Waals surface area contributed by atoms with Gasteiger partial charge in [-0.15, -0.1) is 0 Å². The van der Waals surface area contributed by atoms with Crippen molar-refractivity contribution in [1.82, 2.24) is 0 Å². The number of benzene rings is 10. The molecule has 0 unspecified atom stereocenters. The normalized spacial score (nSPS) is 25.8. The molecule has 0 spiro atoms. The molecule has 5 fully saturated rings. The fraction of sp³-hybridized carbons (Fsp3) is 0.364. The van der Waals surface area contributed by atoms with E-state index in [0.717, 1.165) is 11.1 Å². The Morgan fingerprint density at radius 2 is 0.580 bits per heavy atom. The van der Waals surface area contributed by atoms with E-state index in [9.17, 15) is 14.7 Å². The number of aliphatic hydroxyl groups is 1. The lowest BCUT2D eigenvalue weighted by atomic mass is 9.95. The molecular formula is C107H114O29Si2. The van der Waals surface area contributed by atoms with E-state index < -0.39 is 217 Å². The summed E-state index contributed by atoms with van der Waals surface area (Å²) < 4.78 is 138. The fourth-order valence-electron chi connectivity index (χ4n) is 17.3. The molecule has 20 atom stereocenters. The molecule has 0 radical (unpaired) electrons. The van der Waals surface area contributed by atoms with E-state index in [0.29, 0.717) is 6.04 Å². The number of carbonyl (C=O) groups is 8. The Hall–Kier alpha value is -12.1. The smallest absolute Gasteiger partial charge is 0.349 e. The van der Waals surface area contributed by atoms with Crippen molar-refractivity contribution < 1.29 is 138 Å². The first-order chi connectivity index (χ1) is 66.6. The second-order valence-corrected chi connectivity index (χ2v) is 47.6. The van der Waals surface area contributed by atoms with Gasteiger partial charge in [-0.25, -0.2) is 38.4 Å². The lowest BCUT2D eigenvalue weighted by molar-refractivity contribution is -0.372. The molecule has 10 aromatic rings. The fourth-order valence-corrected chi connectivity index (χ4v) is 23.0. The van der Waals surface area contributed by atoms with Crippen molar-refractivity contribution in [1.29, 1.82) is 0 Å². The van der Waals surface area contributed by atoms with Crippen LogP contribution < -0.4 is 0 Å². The number of fused-ring (bicyclic) bond motifs is 1. The van der Waals surface area contributed by atoms with Crippen molar-refractivity contribution in [2.45, 2.75) is 213 Å². The van der Waals surface area contributed by atoms with E-state index in [1.165, 1.54) is 97.1 Å². The third kappa shape index (κ3) is 24.9. The summed E-state index contributed by atoms with van der Waals surface area (Å²) in [6.07, 6.45) is -34.3. The molecule has 1 N–H and O–H groups in total. The highest BCUT2D eigenvalue weighted by molar-refractivity contribution is 6.76. The molecule has 5 aliphatic heterocycles. The van der Waals surface area contributed by atoms with Gasteiger partial charge in [-0.05, 0) is 114 Å². The molecule has 15 rings (SSSR count). The van der Waals surface area contributed by atoms with Gasteiger partial charge in [-0.1, -0.05) is 267 Å². The maximum Gasteiger partial charge on any atom is 0.349 e. The molecule has 29 nitrogen and oxygen atoms in total. The van der Waals surface area contributed by atoms with Gasteiger partial charge < -0.3 is 99.2 Å². The van der Waals surface area contributed by atoms with Crippen molar-refractivity contribution in [3.8, 4) is 0 Å². The first-order valence-electron chi connectivity index (χ1n) is 46.0.